The van der Waals surface area contributed by atoms with Crippen LogP contribution in [0.5, 0.6) is 0 Å². The van der Waals surface area contributed by atoms with Crippen molar-refractivity contribution in [2.45, 2.75) is 88.4 Å². The Morgan fingerprint density at radius 1 is 0.957 bits per heavy atom. The molecule has 3 fully saturated rings. The molecule has 1 unspecified atom stereocenters. The summed E-state index contributed by atoms with van der Waals surface area (Å²) in [6.07, 6.45) is 2.23. The SMILES string of the molecule is CC(C)C[C@H](NC(=O)OC(c1cccc(Cl)c1)C1(c2cccc(Cl)c2)CC1)C(=O)N[C@@H](C[C@@H]1CCNC1=O)C(=O)C(=O)NC1CC1. The number of Topliss-reactive ketones (excluding diaryl/α,β-unsaturated/α-hetero) is 1. The minimum atomic E-state index is -1.23. The van der Waals surface area contributed by atoms with Gasteiger partial charge in [0, 0.05) is 34.0 Å². The third kappa shape index (κ3) is 8.39. The standard InChI is InChI=1S/C34H40Cl2N4O6/c1-19(2)15-27(31(43)39-26(17-21-11-14-37-30(21)42)28(41)32(44)38-25-9-10-25)40-33(45)46-29(20-5-3-7-23(35)16-20)34(12-13-34)22-6-4-8-24(36)18-22/h3-8,16,18-19,21,25-27,29H,9-15,17H2,1-2H3,(H,37,42)(H,38,44)(H,39,43)(H,40,45)/t21-,26-,27-,29?/m0/s1. The fourth-order valence-corrected chi connectivity index (χ4v) is 6.48. The molecule has 4 N–H and O–H groups in total. The summed E-state index contributed by atoms with van der Waals surface area (Å²) < 4.78 is 6.12. The maximum absolute atomic E-state index is 13.7. The zero-order chi connectivity index (χ0) is 33.0. The molecule has 2 saturated carbocycles. The molecule has 12 heteroatoms. The van der Waals surface area contributed by atoms with Crippen molar-refractivity contribution in [1.82, 2.24) is 21.3 Å². The van der Waals surface area contributed by atoms with Crippen molar-refractivity contribution in [3.63, 3.8) is 0 Å². The molecule has 0 aromatic heterocycles. The van der Waals surface area contributed by atoms with E-state index in [9.17, 15) is 24.0 Å². The molecule has 2 aromatic rings. The molecule has 0 bridgehead atoms. The quantitative estimate of drug-likeness (QED) is 0.213. The van der Waals surface area contributed by atoms with Gasteiger partial charge in [-0.1, -0.05) is 61.3 Å². The molecule has 10 nitrogen and oxygen atoms in total. The van der Waals surface area contributed by atoms with E-state index in [1.165, 1.54) is 0 Å². The lowest BCUT2D eigenvalue weighted by Crippen LogP contribution is -2.55. The minimum absolute atomic E-state index is 0.0195. The Morgan fingerprint density at radius 3 is 2.24 bits per heavy atom. The number of hydrogen-bond acceptors (Lipinski definition) is 6. The van der Waals surface area contributed by atoms with Gasteiger partial charge in [-0.25, -0.2) is 4.79 Å². The predicted molar refractivity (Wildman–Crippen MR) is 173 cm³/mol. The number of ketones is 1. The Kier molecular flexibility index (Phi) is 10.6. The highest BCUT2D eigenvalue weighted by atomic mass is 35.5. The first-order valence-electron chi connectivity index (χ1n) is 15.9. The summed E-state index contributed by atoms with van der Waals surface area (Å²) in [5, 5.41) is 11.9. The largest absolute Gasteiger partial charge is 0.440 e. The number of halogens is 2. The molecule has 3 aliphatic rings. The molecule has 4 amide bonds. The fraction of sp³-hybridized carbons (Fsp3) is 0.500. The van der Waals surface area contributed by atoms with Gasteiger partial charge < -0.3 is 26.0 Å². The first kappa shape index (κ1) is 33.7. The lowest BCUT2D eigenvalue weighted by atomic mass is 9.86. The van der Waals surface area contributed by atoms with E-state index in [2.05, 4.69) is 21.3 Å². The summed E-state index contributed by atoms with van der Waals surface area (Å²) in [6, 6.07) is 12.2. The fourth-order valence-electron chi connectivity index (χ4n) is 6.09. The summed E-state index contributed by atoms with van der Waals surface area (Å²) in [5.74, 6) is -3.02. The Balaban J connectivity index is 1.34. The Hall–Kier alpha value is -3.63. The van der Waals surface area contributed by atoms with E-state index in [1.54, 1.807) is 24.3 Å². The molecule has 246 valence electrons. The second kappa shape index (κ2) is 14.4. The van der Waals surface area contributed by atoms with Crippen LogP contribution in [0.15, 0.2) is 48.5 Å². The van der Waals surface area contributed by atoms with Gasteiger partial charge in [0.1, 0.15) is 12.1 Å². The van der Waals surface area contributed by atoms with Gasteiger partial charge in [-0.05, 0) is 86.3 Å². The van der Waals surface area contributed by atoms with Crippen molar-refractivity contribution < 1.29 is 28.7 Å². The number of carbonyl (C=O) groups excluding carboxylic acids is 5. The third-order valence-corrected chi connectivity index (χ3v) is 9.30. The van der Waals surface area contributed by atoms with Gasteiger partial charge in [-0.2, -0.15) is 0 Å². The van der Waals surface area contributed by atoms with E-state index in [1.807, 2.05) is 38.1 Å². The van der Waals surface area contributed by atoms with Crippen molar-refractivity contribution in [2.24, 2.45) is 11.8 Å². The van der Waals surface area contributed by atoms with Gasteiger partial charge in [0.25, 0.3) is 5.91 Å². The Morgan fingerprint density at radius 2 is 1.65 bits per heavy atom. The van der Waals surface area contributed by atoms with Crippen LogP contribution in [0.4, 0.5) is 4.79 Å². The first-order chi connectivity index (χ1) is 21.9. The van der Waals surface area contributed by atoms with Crippen LogP contribution in [0.2, 0.25) is 10.0 Å². The van der Waals surface area contributed by atoms with Gasteiger partial charge in [0.2, 0.25) is 17.6 Å². The summed E-state index contributed by atoms with van der Waals surface area (Å²) >= 11 is 12.7. The van der Waals surface area contributed by atoms with Crippen LogP contribution in [-0.4, -0.2) is 54.3 Å². The highest BCUT2D eigenvalue weighted by molar-refractivity contribution is 6.38. The highest BCUT2D eigenvalue weighted by Gasteiger charge is 2.54. The number of hydrogen-bond donors (Lipinski definition) is 4. The zero-order valence-corrected chi connectivity index (χ0v) is 27.5. The number of carbonyl (C=O) groups is 5. The molecule has 1 heterocycles. The summed E-state index contributed by atoms with van der Waals surface area (Å²) in [7, 11) is 0. The Bertz CT molecular complexity index is 1490. The van der Waals surface area contributed by atoms with Crippen LogP contribution in [0.1, 0.15) is 76.0 Å². The van der Waals surface area contributed by atoms with Crippen molar-refractivity contribution in [2.75, 3.05) is 6.54 Å². The normalized spacial score (nSPS) is 20.2. The Labute approximate surface area is 278 Å². The summed E-state index contributed by atoms with van der Waals surface area (Å²) in [4.78, 5) is 65.6. The third-order valence-electron chi connectivity index (χ3n) is 8.83. The highest BCUT2D eigenvalue weighted by Crippen LogP contribution is 2.58. The molecule has 46 heavy (non-hydrogen) atoms. The lowest BCUT2D eigenvalue weighted by Gasteiger charge is -2.30. The minimum Gasteiger partial charge on any atom is -0.440 e. The average molecular weight is 672 g/mol. The van der Waals surface area contributed by atoms with Crippen LogP contribution in [0.3, 0.4) is 0 Å². The van der Waals surface area contributed by atoms with Crippen LogP contribution < -0.4 is 21.3 Å². The van der Waals surface area contributed by atoms with Gasteiger partial charge in [-0.3, -0.25) is 19.2 Å². The number of amides is 4. The van der Waals surface area contributed by atoms with Gasteiger partial charge in [0.05, 0.1) is 6.04 Å². The maximum atomic E-state index is 13.7. The molecular weight excluding hydrogens is 631 g/mol. The summed E-state index contributed by atoms with van der Waals surface area (Å²) in [5.41, 5.74) is 1.10. The first-order valence-corrected chi connectivity index (χ1v) is 16.6. The molecular formula is C34H40Cl2N4O6. The van der Waals surface area contributed by atoms with E-state index in [4.69, 9.17) is 27.9 Å². The smallest absolute Gasteiger partial charge is 0.408 e. The summed E-state index contributed by atoms with van der Waals surface area (Å²) in [6.45, 7) is 4.25. The van der Waals surface area contributed by atoms with Crippen molar-refractivity contribution >= 4 is 52.8 Å². The van der Waals surface area contributed by atoms with E-state index in [0.29, 0.717) is 28.6 Å². The van der Waals surface area contributed by atoms with Crippen molar-refractivity contribution in [3.05, 3.63) is 69.7 Å². The van der Waals surface area contributed by atoms with Crippen LogP contribution in [-0.2, 0) is 29.3 Å². The van der Waals surface area contributed by atoms with E-state index < -0.39 is 53.2 Å². The van der Waals surface area contributed by atoms with Gasteiger partial charge in [0.15, 0.2) is 0 Å². The molecule has 4 atom stereocenters. The van der Waals surface area contributed by atoms with E-state index in [0.717, 1.165) is 31.2 Å². The van der Waals surface area contributed by atoms with Crippen molar-refractivity contribution in [1.29, 1.82) is 0 Å². The average Bonchev–Trinajstić information content (AvgIpc) is 3.94. The van der Waals surface area contributed by atoms with Crippen molar-refractivity contribution in [3.8, 4) is 0 Å². The lowest BCUT2D eigenvalue weighted by molar-refractivity contribution is -0.141. The molecule has 2 aliphatic carbocycles. The monoisotopic (exact) mass is 670 g/mol. The molecule has 1 saturated heterocycles. The zero-order valence-electron chi connectivity index (χ0n) is 25.9. The molecule has 1 aliphatic heterocycles. The topological polar surface area (TPSA) is 143 Å². The maximum Gasteiger partial charge on any atom is 0.408 e. The number of ether oxygens (including phenoxy) is 1. The van der Waals surface area contributed by atoms with E-state index >= 15 is 0 Å². The van der Waals surface area contributed by atoms with Crippen LogP contribution in [0, 0.1) is 11.8 Å². The van der Waals surface area contributed by atoms with Gasteiger partial charge in [-0.15, -0.1) is 0 Å². The van der Waals surface area contributed by atoms with Crippen LogP contribution >= 0.6 is 23.2 Å². The number of alkyl carbamates (subject to hydrolysis) is 1. The molecule has 2 aromatic carbocycles. The number of benzene rings is 2. The molecule has 5 rings (SSSR count). The second-order valence-corrected chi connectivity index (χ2v) is 13.9. The molecule has 0 radical (unpaired) electrons. The number of nitrogens with one attached hydrogen (secondary N) is 4. The second-order valence-electron chi connectivity index (χ2n) is 13.0. The van der Waals surface area contributed by atoms with Gasteiger partial charge >= 0.3 is 6.09 Å². The van der Waals surface area contributed by atoms with E-state index in [-0.39, 0.29) is 30.7 Å². The van der Waals surface area contributed by atoms with Crippen LogP contribution in [0.25, 0.3) is 0 Å². The predicted octanol–water partition coefficient (Wildman–Crippen LogP) is 4.77. The number of rotatable bonds is 14. The molecule has 0 spiro atoms.